The molecule has 0 radical (unpaired) electrons. The van der Waals surface area contributed by atoms with Crippen molar-refractivity contribution in [1.29, 1.82) is 0 Å². The number of piperidine rings is 1. The van der Waals surface area contributed by atoms with E-state index >= 15 is 0 Å². The second kappa shape index (κ2) is 9.70. The van der Waals surface area contributed by atoms with E-state index in [-0.39, 0.29) is 6.03 Å². The molecule has 0 bridgehead atoms. The van der Waals surface area contributed by atoms with Gasteiger partial charge < -0.3 is 14.5 Å². The maximum atomic E-state index is 12.7. The quantitative estimate of drug-likeness (QED) is 0.720. The lowest BCUT2D eigenvalue weighted by Crippen LogP contribution is -2.57. The zero-order chi connectivity index (χ0) is 21.8. The van der Waals surface area contributed by atoms with Gasteiger partial charge in [0.05, 0.1) is 13.2 Å². The first-order chi connectivity index (χ1) is 14.9. The third-order valence-electron chi connectivity index (χ3n) is 6.46. The number of piperazine rings is 1. The molecule has 0 saturated carbocycles. The van der Waals surface area contributed by atoms with Crippen molar-refractivity contribution in [3.63, 3.8) is 0 Å². The van der Waals surface area contributed by atoms with E-state index < -0.39 is 11.9 Å². The van der Waals surface area contributed by atoms with Gasteiger partial charge in [-0.05, 0) is 37.6 Å². The van der Waals surface area contributed by atoms with E-state index in [4.69, 9.17) is 4.74 Å². The second-order valence-corrected chi connectivity index (χ2v) is 8.46. The van der Waals surface area contributed by atoms with Crippen molar-refractivity contribution < 1.29 is 22.7 Å². The van der Waals surface area contributed by atoms with Crippen molar-refractivity contribution in [2.45, 2.75) is 31.6 Å². The summed E-state index contributed by atoms with van der Waals surface area (Å²) in [4.78, 5) is 24.8. The molecule has 0 spiro atoms. The fourth-order valence-corrected chi connectivity index (χ4v) is 4.62. The number of hydrogen-bond donors (Lipinski definition) is 0. The molecule has 4 rings (SSSR count). The monoisotopic (exact) mass is 441 g/mol. The highest BCUT2D eigenvalue weighted by Gasteiger charge is 2.33. The number of nitrogens with zero attached hydrogens (tertiary/aromatic N) is 5. The van der Waals surface area contributed by atoms with Crippen molar-refractivity contribution in [3.8, 4) is 0 Å². The molecule has 3 saturated heterocycles. The first kappa shape index (κ1) is 22.3. The third kappa shape index (κ3) is 5.67. The van der Waals surface area contributed by atoms with Gasteiger partial charge in [-0.1, -0.05) is 6.07 Å². The van der Waals surface area contributed by atoms with Crippen molar-refractivity contribution in [1.82, 2.24) is 24.6 Å². The normalized spacial score (nSPS) is 22.7. The van der Waals surface area contributed by atoms with Gasteiger partial charge in [-0.15, -0.1) is 0 Å². The predicted octanol–water partition coefficient (Wildman–Crippen LogP) is 2.13. The Balaban J connectivity index is 1.19. The molecule has 3 fully saturated rings. The average molecular weight is 441 g/mol. The highest BCUT2D eigenvalue weighted by atomic mass is 19.4. The van der Waals surface area contributed by atoms with Crippen molar-refractivity contribution in [2.75, 3.05) is 65.6 Å². The van der Waals surface area contributed by atoms with Crippen LogP contribution in [0.3, 0.4) is 0 Å². The van der Waals surface area contributed by atoms with Crippen LogP contribution in [0.4, 0.5) is 18.0 Å². The Labute approximate surface area is 180 Å². The summed E-state index contributed by atoms with van der Waals surface area (Å²) >= 11 is 0. The molecule has 2 amide bonds. The number of morpholine rings is 1. The van der Waals surface area contributed by atoms with E-state index in [1.807, 2.05) is 9.80 Å². The van der Waals surface area contributed by atoms with Gasteiger partial charge in [0.2, 0.25) is 0 Å². The van der Waals surface area contributed by atoms with Crippen LogP contribution in [-0.4, -0.2) is 102 Å². The molecule has 4 heterocycles. The summed E-state index contributed by atoms with van der Waals surface area (Å²) in [5.41, 5.74) is -0.0390. The van der Waals surface area contributed by atoms with Crippen LogP contribution in [-0.2, 0) is 17.5 Å². The van der Waals surface area contributed by atoms with Gasteiger partial charge in [0.15, 0.2) is 0 Å². The molecule has 10 heteroatoms. The summed E-state index contributed by atoms with van der Waals surface area (Å²) in [5.74, 6) is 0. The van der Waals surface area contributed by atoms with Gasteiger partial charge in [-0.2, -0.15) is 13.2 Å². The van der Waals surface area contributed by atoms with Crippen LogP contribution in [0.2, 0.25) is 0 Å². The molecule has 0 N–H and O–H groups in total. The fourth-order valence-electron chi connectivity index (χ4n) is 4.62. The van der Waals surface area contributed by atoms with E-state index in [1.54, 1.807) is 0 Å². The number of pyridine rings is 1. The Morgan fingerprint density at radius 3 is 2.19 bits per heavy atom. The standard InChI is InChI=1S/C21H30F3N5O2/c22-21(23,24)19-2-1-17(15-25-19)16-26-5-3-18(4-6-26)27-7-9-28(10-8-27)20(30)29-11-13-31-14-12-29/h1-2,15,18H,3-14,16H2. The summed E-state index contributed by atoms with van der Waals surface area (Å²) in [7, 11) is 0. The number of urea groups is 1. The minimum absolute atomic E-state index is 0.128. The molecule has 0 aliphatic carbocycles. The number of amides is 2. The van der Waals surface area contributed by atoms with Crippen LogP contribution in [0, 0.1) is 0 Å². The van der Waals surface area contributed by atoms with Crippen LogP contribution in [0.1, 0.15) is 24.1 Å². The van der Waals surface area contributed by atoms with Gasteiger partial charge in [0.1, 0.15) is 5.69 Å². The second-order valence-electron chi connectivity index (χ2n) is 8.46. The lowest BCUT2D eigenvalue weighted by Gasteiger charge is -2.43. The number of hydrogen-bond acceptors (Lipinski definition) is 5. The maximum absolute atomic E-state index is 12.7. The van der Waals surface area contributed by atoms with Crippen molar-refractivity contribution in [3.05, 3.63) is 29.6 Å². The number of carbonyl (C=O) groups excluding carboxylic acids is 1. The van der Waals surface area contributed by atoms with Crippen LogP contribution in [0.25, 0.3) is 0 Å². The minimum Gasteiger partial charge on any atom is -0.378 e. The zero-order valence-corrected chi connectivity index (χ0v) is 17.7. The molecule has 0 aromatic carbocycles. The molecule has 1 aromatic rings. The molecule has 31 heavy (non-hydrogen) atoms. The largest absolute Gasteiger partial charge is 0.433 e. The molecule has 0 atom stereocenters. The summed E-state index contributed by atoms with van der Waals surface area (Å²) in [6.45, 7) is 8.34. The van der Waals surface area contributed by atoms with E-state index in [0.29, 0.717) is 38.9 Å². The molecule has 3 aliphatic heterocycles. The van der Waals surface area contributed by atoms with Crippen LogP contribution in [0.5, 0.6) is 0 Å². The topological polar surface area (TPSA) is 52.2 Å². The van der Waals surface area contributed by atoms with E-state index in [1.165, 1.54) is 12.3 Å². The summed E-state index contributed by atoms with van der Waals surface area (Å²) in [5, 5.41) is 0. The third-order valence-corrected chi connectivity index (χ3v) is 6.46. The van der Waals surface area contributed by atoms with Gasteiger partial charge in [0, 0.05) is 58.1 Å². The maximum Gasteiger partial charge on any atom is 0.433 e. The Morgan fingerprint density at radius 2 is 1.61 bits per heavy atom. The highest BCUT2D eigenvalue weighted by molar-refractivity contribution is 5.74. The van der Waals surface area contributed by atoms with Crippen LogP contribution >= 0.6 is 0 Å². The number of aromatic nitrogens is 1. The number of alkyl halides is 3. The Kier molecular flexibility index (Phi) is 6.98. The van der Waals surface area contributed by atoms with Crippen LogP contribution in [0.15, 0.2) is 18.3 Å². The van der Waals surface area contributed by atoms with E-state index in [9.17, 15) is 18.0 Å². The number of likely N-dealkylation sites (tertiary alicyclic amines) is 1. The van der Waals surface area contributed by atoms with E-state index in [2.05, 4.69) is 14.8 Å². The van der Waals surface area contributed by atoms with Gasteiger partial charge in [0.25, 0.3) is 0 Å². The average Bonchev–Trinajstić information content (AvgIpc) is 2.80. The molecular weight excluding hydrogens is 411 g/mol. The number of carbonyl (C=O) groups is 1. The van der Waals surface area contributed by atoms with E-state index in [0.717, 1.165) is 63.7 Å². The Hall–Kier alpha value is -1.91. The molecule has 172 valence electrons. The zero-order valence-electron chi connectivity index (χ0n) is 17.7. The van der Waals surface area contributed by atoms with Gasteiger partial charge in [-0.3, -0.25) is 14.8 Å². The van der Waals surface area contributed by atoms with Crippen molar-refractivity contribution >= 4 is 6.03 Å². The summed E-state index contributed by atoms with van der Waals surface area (Å²) in [6.07, 6.45) is -0.996. The Morgan fingerprint density at radius 1 is 0.968 bits per heavy atom. The lowest BCUT2D eigenvalue weighted by molar-refractivity contribution is -0.141. The predicted molar refractivity (Wildman–Crippen MR) is 108 cm³/mol. The first-order valence-corrected chi connectivity index (χ1v) is 11.0. The fraction of sp³-hybridized carbons (Fsp3) is 0.714. The molecule has 7 nitrogen and oxygen atoms in total. The lowest BCUT2D eigenvalue weighted by atomic mass is 10.0. The summed E-state index contributed by atoms with van der Waals surface area (Å²) in [6, 6.07) is 3.21. The van der Waals surface area contributed by atoms with Crippen molar-refractivity contribution in [2.24, 2.45) is 0 Å². The summed E-state index contributed by atoms with van der Waals surface area (Å²) < 4.78 is 43.3. The number of ether oxygens (including phenoxy) is 1. The molecule has 3 aliphatic rings. The Bertz CT molecular complexity index is 724. The van der Waals surface area contributed by atoms with Crippen LogP contribution < -0.4 is 0 Å². The molecular formula is C21H30F3N5O2. The molecule has 0 unspecified atom stereocenters. The smallest absolute Gasteiger partial charge is 0.378 e. The number of halogens is 3. The first-order valence-electron chi connectivity index (χ1n) is 11.0. The van der Waals surface area contributed by atoms with Gasteiger partial charge in [-0.25, -0.2) is 4.79 Å². The number of rotatable bonds is 3. The highest BCUT2D eigenvalue weighted by Crippen LogP contribution is 2.27. The SMILES string of the molecule is O=C(N1CCOCC1)N1CCN(C2CCN(Cc3ccc(C(F)(F)F)nc3)CC2)CC1. The van der Waals surface area contributed by atoms with Gasteiger partial charge >= 0.3 is 12.2 Å². The minimum atomic E-state index is -4.40. The molecule has 1 aromatic heterocycles.